The van der Waals surface area contributed by atoms with Gasteiger partial charge < -0.3 is 4.74 Å². The molecule has 0 amide bonds. The fraction of sp³-hybridized carbons (Fsp3) is 0.421. The Balaban J connectivity index is 2.64. The molecule has 142 valence electrons. The first-order chi connectivity index (χ1) is 11.9. The predicted octanol–water partition coefficient (Wildman–Crippen LogP) is 4.32. The number of allylic oxidation sites excluding steroid dienone is 1. The van der Waals surface area contributed by atoms with Gasteiger partial charge in [-0.05, 0) is 52.3 Å². The largest absolute Gasteiger partial charge is 0.443 e. The average Bonchev–Trinajstić information content (AvgIpc) is 2.81. The quantitative estimate of drug-likeness (QED) is 0.740. The molecule has 0 bridgehead atoms. The Labute approximate surface area is 154 Å². The van der Waals surface area contributed by atoms with E-state index in [-0.39, 0.29) is 6.61 Å². The van der Waals surface area contributed by atoms with Gasteiger partial charge in [0.05, 0.1) is 17.5 Å². The third-order valence-corrected chi connectivity index (χ3v) is 3.94. The molecule has 7 heteroatoms. The van der Waals surface area contributed by atoms with Gasteiger partial charge in [0.2, 0.25) is 0 Å². The van der Waals surface area contributed by atoms with Crippen molar-refractivity contribution in [3.63, 3.8) is 0 Å². The zero-order chi connectivity index (χ0) is 19.7. The van der Waals surface area contributed by atoms with E-state index in [1.165, 1.54) is 4.57 Å². The molecule has 0 radical (unpaired) electrons. The van der Waals surface area contributed by atoms with E-state index in [9.17, 15) is 13.2 Å². The van der Waals surface area contributed by atoms with E-state index >= 15 is 0 Å². The van der Waals surface area contributed by atoms with E-state index in [0.29, 0.717) is 11.2 Å². The lowest BCUT2D eigenvalue weighted by Crippen LogP contribution is -2.28. The number of nitrogens with zero attached hydrogens (tertiary/aromatic N) is 1. The van der Waals surface area contributed by atoms with Crippen LogP contribution in [0.1, 0.15) is 45.9 Å². The van der Waals surface area contributed by atoms with Crippen LogP contribution in [0.3, 0.4) is 0 Å². The first-order valence-corrected chi connectivity index (χ1v) is 10.0. The Hall–Kier alpha value is -2.12. The summed E-state index contributed by atoms with van der Waals surface area (Å²) in [6.45, 7) is 9.05. The van der Waals surface area contributed by atoms with Gasteiger partial charge in [0.1, 0.15) is 12.2 Å². The van der Waals surface area contributed by atoms with E-state index in [1.807, 2.05) is 32.1 Å². The average molecular weight is 379 g/mol. The minimum absolute atomic E-state index is 0.249. The first-order valence-electron chi connectivity index (χ1n) is 8.23. The topological polar surface area (TPSA) is 74.6 Å². The third kappa shape index (κ3) is 5.19. The summed E-state index contributed by atoms with van der Waals surface area (Å²) in [5.74, 6) is 0. The van der Waals surface area contributed by atoms with Crippen molar-refractivity contribution in [3.05, 3.63) is 41.1 Å². The molecule has 0 atom stereocenters. The molecule has 1 aromatic heterocycles. The van der Waals surface area contributed by atoms with Gasteiger partial charge in [-0.2, -0.15) is 8.42 Å². The molecule has 0 aliphatic carbocycles. The van der Waals surface area contributed by atoms with Crippen LogP contribution in [0.25, 0.3) is 17.0 Å². The summed E-state index contributed by atoms with van der Waals surface area (Å²) in [5, 5.41) is 0.826. The van der Waals surface area contributed by atoms with Crippen molar-refractivity contribution in [3.8, 4) is 0 Å². The maximum Gasteiger partial charge on any atom is 0.419 e. The second kappa shape index (κ2) is 7.25. The summed E-state index contributed by atoms with van der Waals surface area (Å²) in [6, 6.07) is 7.35. The van der Waals surface area contributed by atoms with Crippen molar-refractivity contribution in [2.45, 2.75) is 46.8 Å². The molecule has 1 heterocycles. The standard InChI is InChI=1S/C19H25NO5S/c1-13(2)10-14-8-7-9-17-16(14)11-15(12-24-26(6,22)23)20(17)18(21)25-19(3,4)5/h7-11H,12H2,1-6H3. The molecule has 0 N–H and O–H groups in total. The molecule has 0 fully saturated rings. The third-order valence-electron chi connectivity index (χ3n) is 3.40. The van der Waals surface area contributed by atoms with Crippen molar-refractivity contribution in [2.75, 3.05) is 6.26 Å². The summed E-state index contributed by atoms with van der Waals surface area (Å²) in [5.41, 5.74) is 2.41. The highest BCUT2D eigenvalue weighted by Crippen LogP contribution is 2.27. The summed E-state index contributed by atoms with van der Waals surface area (Å²) in [6.07, 6.45) is 2.40. The fourth-order valence-corrected chi connectivity index (χ4v) is 2.88. The van der Waals surface area contributed by atoms with Crippen molar-refractivity contribution >= 4 is 33.2 Å². The molecule has 0 saturated heterocycles. The van der Waals surface area contributed by atoms with Crippen LogP contribution in [0.2, 0.25) is 0 Å². The van der Waals surface area contributed by atoms with Crippen molar-refractivity contribution in [2.24, 2.45) is 0 Å². The van der Waals surface area contributed by atoms with E-state index < -0.39 is 21.8 Å². The molecule has 0 spiro atoms. The Morgan fingerprint density at radius 2 is 1.88 bits per heavy atom. The van der Waals surface area contributed by atoms with Crippen LogP contribution in [0.5, 0.6) is 0 Å². The number of carbonyl (C=O) groups excluding carboxylic acids is 1. The van der Waals surface area contributed by atoms with Crippen LogP contribution >= 0.6 is 0 Å². The Kier molecular flexibility index (Phi) is 5.63. The van der Waals surface area contributed by atoms with Crippen LogP contribution < -0.4 is 0 Å². The zero-order valence-electron chi connectivity index (χ0n) is 16.0. The molecule has 0 aliphatic rings. The maximum absolute atomic E-state index is 12.7. The van der Waals surface area contributed by atoms with Gasteiger partial charge >= 0.3 is 6.09 Å². The van der Waals surface area contributed by atoms with Gasteiger partial charge in [-0.25, -0.2) is 9.36 Å². The number of hydrogen-bond acceptors (Lipinski definition) is 5. The number of aromatic nitrogens is 1. The minimum atomic E-state index is -3.64. The number of fused-ring (bicyclic) bond motifs is 1. The molecule has 0 saturated carbocycles. The Bertz CT molecular complexity index is 958. The summed E-state index contributed by atoms with van der Waals surface area (Å²) < 4.78 is 34.5. The monoisotopic (exact) mass is 379 g/mol. The molecular weight excluding hydrogens is 354 g/mol. The second-order valence-corrected chi connectivity index (χ2v) is 9.06. The fourth-order valence-electron chi connectivity index (χ4n) is 2.54. The zero-order valence-corrected chi connectivity index (χ0v) is 16.8. The normalized spacial score (nSPS) is 12.2. The van der Waals surface area contributed by atoms with Gasteiger partial charge in [-0.1, -0.05) is 23.8 Å². The van der Waals surface area contributed by atoms with Gasteiger partial charge in [-0.3, -0.25) is 4.18 Å². The van der Waals surface area contributed by atoms with Crippen molar-refractivity contribution < 1.29 is 22.1 Å². The number of carbonyl (C=O) groups is 1. The highest BCUT2D eigenvalue weighted by Gasteiger charge is 2.23. The maximum atomic E-state index is 12.7. The van der Waals surface area contributed by atoms with Crippen LogP contribution in [0, 0.1) is 0 Å². The van der Waals surface area contributed by atoms with E-state index in [0.717, 1.165) is 22.8 Å². The molecule has 6 nitrogen and oxygen atoms in total. The van der Waals surface area contributed by atoms with Crippen molar-refractivity contribution in [1.29, 1.82) is 0 Å². The molecule has 0 unspecified atom stereocenters. The highest BCUT2D eigenvalue weighted by molar-refractivity contribution is 7.85. The minimum Gasteiger partial charge on any atom is -0.443 e. The Morgan fingerprint density at radius 1 is 1.23 bits per heavy atom. The van der Waals surface area contributed by atoms with Crippen LogP contribution in [0.15, 0.2) is 29.8 Å². The number of rotatable bonds is 4. The molecule has 2 rings (SSSR count). The van der Waals surface area contributed by atoms with E-state index in [4.69, 9.17) is 8.92 Å². The summed E-state index contributed by atoms with van der Waals surface area (Å²) in [4.78, 5) is 12.7. The van der Waals surface area contributed by atoms with Crippen LogP contribution in [0.4, 0.5) is 4.79 Å². The lowest BCUT2D eigenvalue weighted by molar-refractivity contribution is 0.0535. The molecular formula is C19H25NO5S. The lowest BCUT2D eigenvalue weighted by atomic mass is 10.1. The van der Waals surface area contributed by atoms with Crippen LogP contribution in [-0.2, 0) is 25.6 Å². The number of benzene rings is 1. The molecule has 2 aromatic rings. The molecule has 0 aliphatic heterocycles. The first kappa shape index (κ1) is 20.2. The molecule has 1 aromatic carbocycles. The Morgan fingerprint density at radius 3 is 2.42 bits per heavy atom. The van der Waals surface area contributed by atoms with E-state index in [2.05, 4.69) is 0 Å². The smallest absolute Gasteiger partial charge is 0.419 e. The lowest BCUT2D eigenvalue weighted by Gasteiger charge is -2.21. The summed E-state index contributed by atoms with van der Waals surface area (Å²) >= 11 is 0. The van der Waals surface area contributed by atoms with Gasteiger partial charge in [-0.15, -0.1) is 0 Å². The van der Waals surface area contributed by atoms with Gasteiger partial charge in [0, 0.05) is 5.39 Å². The SMILES string of the molecule is CC(C)=Cc1cccc2c1cc(COS(C)(=O)=O)n2C(=O)OC(C)(C)C. The van der Waals surface area contributed by atoms with Crippen LogP contribution in [-0.4, -0.2) is 30.9 Å². The summed E-state index contributed by atoms with van der Waals surface area (Å²) in [7, 11) is -3.64. The van der Waals surface area contributed by atoms with Gasteiger partial charge in [0.25, 0.3) is 10.1 Å². The molecule has 26 heavy (non-hydrogen) atoms. The predicted molar refractivity (Wildman–Crippen MR) is 103 cm³/mol. The number of ether oxygens (including phenoxy) is 1. The van der Waals surface area contributed by atoms with E-state index in [1.54, 1.807) is 32.9 Å². The highest BCUT2D eigenvalue weighted by atomic mass is 32.2. The number of hydrogen-bond donors (Lipinski definition) is 0. The second-order valence-electron chi connectivity index (χ2n) is 7.42. The van der Waals surface area contributed by atoms with Gasteiger partial charge in [0.15, 0.2) is 0 Å². The van der Waals surface area contributed by atoms with Crippen molar-refractivity contribution in [1.82, 2.24) is 4.57 Å².